The van der Waals surface area contributed by atoms with Crippen molar-refractivity contribution < 1.29 is 13.2 Å². The van der Waals surface area contributed by atoms with Gasteiger partial charge in [-0.1, -0.05) is 6.07 Å². The fourth-order valence-electron chi connectivity index (χ4n) is 3.07. The topological polar surface area (TPSA) is 21.1 Å². The van der Waals surface area contributed by atoms with Crippen LogP contribution in [0.4, 0.5) is 13.2 Å². The Bertz CT molecular complexity index is 628. The highest BCUT2D eigenvalue weighted by Gasteiger charge is 2.22. The van der Waals surface area contributed by atoms with Crippen molar-refractivity contribution in [3.63, 3.8) is 0 Å². The molecule has 1 atom stereocenters. The van der Waals surface area contributed by atoms with Crippen LogP contribution in [0, 0.1) is 23.4 Å². The van der Waals surface area contributed by atoms with Crippen molar-refractivity contribution in [3.8, 4) is 0 Å². The Labute approximate surface area is 127 Å². The average Bonchev–Trinajstić information content (AvgIpc) is 3.01. The van der Waals surface area contributed by atoms with Gasteiger partial charge in [0.25, 0.3) is 0 Å². The summed E-state index contributed by atoms with van der Waals surface area (Å²) in [5.41, 5.74) is 0.210. The van der Waals surface area contributed by atoms with Gasteiger partial charge in [-0.25, -0.2) is 18.2 Å². The smallest absolute Gasteiger partial charge is 0.194 e. The van der Waals surface area contributed by atoms with Crippen LogP contribution in [0.3, 0.4) is 0 Å². The number of halogens is 3. The molecule has 0 N–H and O–H groups in total. The Morgan fingerprint density at radius 3 is 2.82 bits per heavy atom. The van der Waals surface area contributed by atoms with Crippen LogP contribution in [-0.4, -0.2) is 27.5 Å². The molecule has 1 aromatic heterocycles. The summed E-state index contributed by atoms with van der Waals surface area (Å²) < 4.78 is 42.1. The van der Waals surface area contributed by atoms with E-state index in [2.05, 4.69) is 9.88 Å². The number of hydrogen-bond acceptors (Lipinski definition) is 2. The maximum atomic E-state index is 13.8. The zero-order valence-electron chi connectivity index (χ0n) is 12.2. The second-order valence-electron chi connectivity index (χ2n) is 5.84. The molecule has 2 heterocycles. The second-order valence-corrected chi connectivity index (χ2v) is 5.84. The van der Waals surface area contributed by atoms with Crippen LogP contribution in [0.5, 0.6) is 0 Å². The lowest BCUT2D eigenvalue weighted by atomic mass is 9.97. The zero-order valence-corrected chi connectivity index (χ0v) is 12.2. The fraction of sp³-hybridized carbons (Fsp3) is 0.438. The molecular weight excluding hydrogens is 291 g/mol. The van der Waals surface area contributed by atoms with Gasteiger partial charge in [0, 0.05) is 37.6 Å². The molecule has 22 heavy (non-hydrogen) atoms. The lowest BCUT2D eigenvalue weighted by Gasteiger charge is -2.33. The third-order valence-electron chi connectivity index (χ3n) is 4.14. The first-order valence-corrected chi connectivity index (χ1v) is 7.44. The molecule has 1 saturated heterocycles. The standard InChI is InChI=1S/C16H18F3N3/c17-14-4-3-13(15(18)16(14)19)10-21-6-1-2-12(8-21)9-22-7-5-20-11-22/h3-5,7,11-12H,1-2,6,8-10H2/t12-/m0/s1. The predicted octanol–water partition coefficient (Wildman–Crippen LogP) is 3.21. The number of imidazole rings is 1. The summed E-state index contributed by atoms with van der Waals surface area (Å²) in [7, 11) is 0. The normalized spacial score (nSPS) is 19.5. The van der Waals surface area contributed by atoms with Crippen LogP contribution in [0.15, 0.2) is 30.9 Å². The molecular formula is C16H18F3N3. The van der Waals surface area contributed by atoms with Crippen LogP contribution in [0.25, 0.3) is 0 Å². The maximum absolute atomic E-state index is 13.8. The Kier molecular flexibility index (Phi) is 4.47. The number of benzene rings is 1. The number of nitrogens with zero attached hydrogens (tertiary/aromatic N) is 3. The van der Waals surface area contributed by atoms with Gasteiger partial charge in [-0.05, 0) is 31.4 Å². The molecule has 118 valence electrons. The van der Waals surface area contributed by atoms with Crippen molar-refractivity contribution in [2.24, 2.45) is 5.92 Å². The number of piperidine rings is 1. The molecule has 0 radical (unpaired) electrons. The summed E-state index contributed by atoms with van der Waals surface area (Å²) in [6.45, 7) is 2.84. The molecule has 0 aliphatic carbocycles. The average molecular weight is 309 g/mol. The van der Waals surface area contributed by atoms with Gasteiger partial charge in [0.05, 0.1) is 6.33 Å². The highest BCUT2D eigenvalue weighted by Crippen LogP contribution is 2.22. The number of hydrogen-bond donors (Lipinski definition) is 0. The molecule has 0 saturated carbocycles. The van der Waals surface area contributed by atoms with Crippen LogP contribution in [-0.2, 0) is 13.1 Å². The summed E-state index contributed by atoms with van der Waals surface area (Å²) in [5, 5.41) is 0. The third-order valence-corrected chi connectivity index (χ3v) is 4.14. The minimum atomic E-state index is -1.38. The van der Waals surface area contributed by atoms with Crippen molar-refractivity contribution >= 4 is 0 Å². The van der Waals surface area contributed by atoms with Crippen LogP contribution in [0.2, 0.25) is 0 Å². The van der Waals surface area contributed by atoms with E-state index < -0.39 is 17.5 Å². The van der Waals surface area contributed by atoms with E-state index in [0.717, 1.165) is 38.5 Å². The van der Waals surface area contributed by atoms with E-state index >= 15 is 0 Å². The third kappa shape index (κ3) is 3.32. The molecule has 2 aromatic rings. The summed E-state index contributed by atoms with van der Waals surface area (Å²) in [6, 6.07) is 2.31. The first-order chi connectivity index (χ1) is 10.6. The molecule has 0 amide bonds. The summed E-state index contributed by atoms with van der Waals surface area (Å²) in [4.78, 5) is 6.12. The fourth-order valence-corrected chi connectivity index (χ4v) is 3.07. The first kappa shape index (κ1) is 15.1. The van der Waals surface area contributed by atoms with Crippen molar-refractivity contribution in [2.75, 3.05) is 13.1 Å². The van der Waals surface area contributed by atoms with E-state index in [1.807, 2.05) is 10.8 Å². The molecule has 1 aliphatic heterocycles. The van der Waals surface area contributed by atoms with Gasteiger partial charge >= 0.3 is 0 Å². The second kappa shape index (κ2) is 6.52. The van der Waals surface area contributed by atoms with E-state index in [4.69, 9.17) is 0 Å². The Morgan fingerprint density at radius 2 is 2.05 bits per heavy atom. The molecule has 3 rings (SSSR count). The highest BCUT2D eigenvalue weighted by atomic mass is 19.2. The molecule has 1 aromatic carbocycles. The molecule has 0 unspecified atom stereocenters. The van der Waals surface area contributed by atoms with Gasteiger partial charge in [-0.15, -0.1) is 0 Å². The summed E-state index contributed by atoms with van der Waals surface area (Å²) in [6.07, 6.45) is 7.58. The van der Waals surface area contributed by atoms with E-state index in [1.54, 1.807) is 12.5 Å². The zero-order chi connectivity index (χ0) is 15.5. The van der Waals surface area contributed by atoms with Gasteiger partial charge < -0.3 is 4.57 Å². The molecule has 3 nitrogen and oxygen atoms in total. The van der Waals surface area contributed by atoms with E-state index in [0.29, 0.717) is 12.5 Å². The van der Waals surface area contributed by atoms with Crippen molar-refractivity contribution in [2.45, 2.75) is 25.9 Å². The monoisotopic (exact) mass is 309 g/mol. The SMILES string of the molecule is Fc1ccc(CN2CCC[C@H](Cn3ccnc3)C2)c(F)c1F. The van der Waals surface area contributed by atoms with Crippen molar-refractivity contribution in [1.82, 2.24) is 14.5 Å². The minimum Gasteiger partial charge on any atom is -0.337 e. The highest BCUT2D eigenvalue weighted by molar-refractivity contribution is 5.20. The van der Waals surface area contributed by atoms with Crippen LogP contribution in [0.1, 0.15) is 18.4 Å². The summed E-state index contributed by atoms with van der Waals surface area (Å²) >= 11 is 0. The molecule has 1 aliphatic rings. The Hall–Kier alpha value is -1.82. The first-order valence-electron chi connectivity index (χ1n) is 7.44. The lowest BCUT2D eigenvalue weighted by Crippen LogP contribution is -2.36. The summed E-state index contributed by atoms with van der Waals surface area (Å²) in [5.74, 6) is -3.14. The largest absolute Gasteiger partial charge is 0.337 e. The quantitative estimate of drug-likeness (QED) is 0.809. The number of rotatable bonds is 4. The Balaban J connectivity index is 1.64. The molecule has 6 heteroatoms. The van der Waals surface area contributed by atoms with E-state index in [-0.39, 0.29) is 5.56 Å². The number of likely N-dealkylation sites (tertiary alicyclic amines) is 1. The van der Waals surface area contributed by atoms with Gasteiger partial charge in [-0.3, -0.25) is 4.90 Å². The molecule has 0 bridgehead atoms. The van der Waals surface area contributed by atoms with Gasteiger partial charge in [0.1, 0.15) is 0 Å². The van der Waals surface area contributed by atoms with Crippen LogP contribution < -0.4 is 0 Å². The molecule has 1 fully saturated rings. The number of aromatic nitrogens is 2. The lowest BCUT2D eigenvalue weighted by molar-refractivity contribution is 0.154. The maximum Gasteiger partial charge on any atom is 0.194 e. The van der Waals surface area contributed by atoms with Crippen molar-refractivity contribution in [1.29, 1.82) is 0 Å². The van der Waals surface area contributed by atoms with E-state index in [1.165, 1.54) is 6.07 Å². The minimum absolute atomic E-state index is 0.210. The predicted molar refractivity (Wildman–Crippen MR) is 76.5 cm³/mol. The van der Waals surface area contributed by atoms with Gasteiger partial charge in [0.2, 0.25) is 0 Å². The van der Waals surface area contributed by atoms with Gasteiger partial charge in [-0.2, -0.15) is 0 Å². The van der Waals surface area contributed by atoms with Crippen molar-refractivity contribution in [3.05, 3.63) is 53.9 Å². The van der Waals surface area contributed by atoms with E-state index in [9.17, 15) is 13.2 Å². The van der Waals surface area contributed by atoms with Crippen LogP contribution >= 0.6 is 0 Å². The Morgan fingerprint density at radius 1 is 1.18 bits per heavy atom. The molecule has 0 spiro atoms. The van der Waals surface area contributed by atoms with Gasteiger partial charge in [0.15, 0.2) is 17.5 Å².